The molecule has 0 aliphatic rings. The molecule has 4 heteroatoms. The molecule has 0 atom stereocenters. The topological polar surface area (TPSA) is 21.3 Å². The molecule has 2 nitrogen and oxygen atoms in total. The summed E-state index contributed by atoms with van der Waals surface area (Å²) in [6, 6.07) is 14.5. The van der Waals surface area contributed by atoms with E-state index in [4.69, 9.17) is 4.74 Å². The minimum Gasteiger partial charge on any atom is -0.497 e. The molecule has 0 aromatic heterocycles. The van der Waals surface area contributed by atoms with Crippen LogP contribution in [0, 0.1) is 0 Å². The summed E-state index contributed by atoms with van der Waals surface area (Å²) >= 11 is 5.29. The molecule has 19 heavy (non-hydrogen) atoms. The van der Waals surface area contributed by atoms with Gasteiger partial charge in [-0.15, -0.1) is 0 Å². The molecule has 0 bridgehead atoms. The van der Waals surface area contributed by atoms with E-state index in [2.05, 4.69) is 51.6 Å². The van der Waals surface area contributed by atoms with E-state index in [1.165, 1.54) is 15.4 Å². The summed E-state index contributed by atoms with van der Waals surface area (Å²) in [5.74, 6) is 0.883. The van der Waals surface area contributed by atoms with Crippen molar-refractivity contribution in [1.29, 1.82) is 0 Å². The molecule has 0 radical (unpaired) electrons. The SMILES string of the molecule is CNCc1ccc(Br)cc1Sc1ccc(OC)cc1. The number of hydrogen-bond acceptors (Lipinski definition) is 3. The van der Waals surface area contributed by atoms with Crippen molar-refractivity contribution in [3.63, 3.8) is 0 Å². The first-order valence-electron chi connectivity index (χ1n) is 5.98. The van der Waals surface area contributed by atoms with Gasteiger partial charge in [0.15, 0.2) is 0 Å². The average molecular weight is 338 g/mol. The van der Waals surface area contributed by atoms with E-state index in [-0.39, 0.29) is 0 Å². The van der Waals surface area contributed by atoms with Gasteiger partial charge in [0.05, 0.1) is 7.11 Å². The van der Waals surface area contributed by atoms with Crippen molar-refractivity contribution >= 4 is 27.7 Å². The normalized spacial score (nSPS) is 10.5. The zero-order valence-electron chi connectivity index (χ0n) is 10.9. The molecule has 0 saturated carbocycles. The highest BCUT2D eigenvalue weighted by molar-refractivity contribution is 9.10. The van der Waals surface area contributed by atoms with Crippen LogP contribution in [0.5, 0.6) is 5.75 Å². The molecule has 0 spiro atoms. The van der Waals surface area contributed by atoms with Crippen LogP contribution in [0.25, 0.3) is 0 Å². The minimum atomic E-state index is 0.867. The van der Waals surface area contributed by atoms with Gasteiger partial charge >= 0.3 is 0 Å². The molecule has 2 rings (SSSR count). The first kappa shape index (κ1) is 14.4. The number of benzene rings is 2. The third kappa shape index (κ3) is 4.00. The van der Waals surface area contributed by atoms with E-state index in [1.54, 1.807) is 18.9 Å². The first-order valence-corrected chi connectivity index (χ1v) is 7.59. The predicted molar refractivity (Wildman–Crippen MR) is 84.0 cm³/mol. The van der Waals surface area contributed by atoms with Crippen LogP contribution in [0.3, 0.4) is 0 Å². The van der Waals surface area contributed by atoms with Crippen LogP contribution in [0.4, 0.5) is 0 Å². The standard InChI is InChI=1S/C15H16BrNOS/c1-17-10-11-3-4-12(16)9-15(11)19-14-7-5-13(18-2)6-8-14/h3-9,17H,10H2,1-2H3. The molecule has 0 aliphatic carbocycles. The summed E-state index contributed by atoms with van der Waals surface area (Å²) in [6.07, 6.45) is 0. The molecule has 1 N–H and O–H groups in total. The van der Waals surface area contributed by atoms with Crippen LogP contribution < -0.4 is 10.1 Å². The lowest BCUT2D eigenvalue weighted by Gasteiger charge is -2.10. The van der Waals surface area contributed by atoms with Crippen LogP contribution in [0.2, 0.25) is 0 Å². The van der Waals surface area contributed by atoms with Gasteiger partial charge in [0.25, 0.3) is 0 Å². The van der Waals surface area contributed by atoms with Gasteiger partial charge in [0.2, 0.25) is 0 Å². The predicted octanol–water partition coefficient (Wildman–Crippen LogP) is 4.33. The van der Waals surface area contributed by atoms with Gasteiger partial charge in [0.1, 0.15) is 5.75 Å². The summed E-state index contributed by atoms with van der Waals surface area (Å²) < 4.78 is 6.27. The van der Waals surface area contributed by atoms with E-state index < -0.39 is 0 Å². The van der Waals surface area contributed by atoms with Gasteiger partial charge in [-0.2, -0.15) is 0 Å². The van der Waals surface area contributed by atoms with Crippen molar-refractivity contribution in [3.8, 4) is 5.75 Å². The van der Waals surface area contributed by atoms with E-state index in [0.29, 0.717) is 0 Å². The smallest absolute Gasteiger partial charge is 0.118 e. The Morgan fingerprint density at radius 2 is 1.89 bits per heavy atom. The fraction of sp³-hybridized carbons (Fsp3) is 0.200. The van der Waals surface area contributed by atoms with Crippen LogP contribution in [0.1, 0.15) is 5.56 Å². The summed E-state index contributed by atoms with van der Waals surface area (Å²) in [5.41, 5.74) is 1.30. The summed E-state index contributed by atoms with van der Waals surface area (Å²) in [6.45, 7) is 0.867. The fourth-order valence-corrected chi connectivity index (χ4v) is 3.23. The highest BCUT2D eigenvalue weighted by Gasteiger charge is 2.05. The maximum absolute atomic E-state index is 5.17. The molecule has 100 valence electrons. The fourth-order valence-electron chi connectivity index (χ4n) is 1.73. The Bertz CT molecular complexity index is 542. The van der Waals surface area contributed by atoms with Crippen LogP contribution in [-0.2, 0) is 6.54 Å². The maximum Gasteiger partial charge on any atom is 0.118 e. The summed E-state index contributed by atoms with van der Waals surface area (Å²) in [4.78, 5) is 2.46. The second-order valence-corrected chi connectivity index (χ2v) is 6.09. The lowest BCUT2D eigenvalue weighted by atomic mass is 10.2. The van der Waals surface area contributed by atoms with E-state index in [9.17, 15) is 0 Å². The molecular weight excluding hydrogens is 322 g/mol. The van der Waals surface area contributed by atoms with Gasteiger partial charge in [-0.3, -0.25) is 0 Å². The second-order valence-electron chi connectivity index (χ2n) is 4.06. The van der Waals surface area contributed by atoms with Crippen molar-refractivity contribution in [3.05, 3.63) is 52.5 Å². The minimum absolute atomic E-state index is 0.867. The van der Waals surface area contributed by atoms with Crippen molar-refractivity contribution in [2.45, 2.75) is 16.3 Å². The van der Waals surface area contributed by atoms with Gasteiger partial charge in [-0.1, -0.05) is 33.8 Å². The Morgan fingerprint density at radius 1 is 1.16 bits per heavy atom. The lowest BCUT2D eigenvalue weighted by molar-refractivity contribution is 0.414. The molecule has 0 unspecified atom stereocenters. The molecule has 0 saturated heterocycles. The first-order chi connectivity index (χ1) is 9.22. The zero-order valence-corrected chi connectivity index (χ0v) is 13.3. The highest BCUT2D eigenvalue weighted by Crippen LogP contribution is 2.33. The molecule has 0 heterocycles. The maximum atomic E-state index is 5.17. The van der Waals surface area contributed by atoms with E-state index >= 15 is 0 Å². The molecule has 2 aromatic rings. The Labute approximate surface area is 126 Å². The van der Waals surface area contributed by atoms with E-state index in [1.807, 2.05) is 19.2 Å². The number of hydrogen-bond donors (Lipinski definition) is 1. The van der Waals surface area contributed by atoms with Gasteiger partial charge in [0, 0.05) is 20.8 Å². The van der Waals surface area contributed by atoms with Crippen LogP contribution >= 0.6 is 27.7 Å². The number of halogens is 1. The van der Waals surface area contributed by atoms with Crippen molar-refractivity contribution < 1.29 is 4.74 Å². The number of rotatable bonds is 5. The zero-order chi connectivity index (χ0) is 13.7. The average Bonchev–Trinajstić information content (AvgIpc) is 2.43. The summed E-state index contributed by atoms with van der Waals surface area (Å²) in [7, 11) is 3.64. The second kappa shape index (κ2) is 6.98. The molecule has 2 aromatic carbocycles. The Balaban J connectivity index is 2.23. The third-order valence-corrected chi connectivity index (χ3v) is 4.28. The Morgan fingerprint density at radius 3 is 2.53 bits per heavy atom. The lowest BCUT2D eigenvalue weighted by Crippen LogP contribution is -2.05. The van der Waals surface area contributed by atoms with Crippen molar-refractivity contribution in [2.75, 3.05) is 14.2 Å². The quantitative estimate of drug-likeness (QED) is 0.877. The molecule has 0 fully saturated rings. The van der Waals surface area contributed by atoms with E-state index in [0.717, 1.165) is 16.8 Å². The van der Waals surface area contributed by atoms with Gasteiger partial charge in [-0.25, -0.2) is 0 Å². The monoisotopic (exact) mass is 337 g/mol. The largest absolute Gasteiger partial charge is 0.497 e. The number of nitrogens with one attached hydrogen (secondary N) is 1. The third-order valence-electron chi connectivity index (χ3n) is 2.68. The molecule has 0 aliphatic heterocycles. The Hall–Kier alpha value is -0.970. The van der Waals surface area contributed by atoms with Crippen molar-refractivity contribution in [1.82, 2.24) is 5.32 Å². The van der Waals surface area contributed by atoms with Gasteiger partial charge < -0.3 is 10.1 Å². The van der Waals surface area contributed by atoms with Gasteiger partial charge in [-0.05, 0) is 49.0 Å². The number of ether oxygens (including phenoxy) is 1. The molecular formula is C15H16BrNOS. The number of methoxy groups -OCH3 is 1. The van der Waals surface area contributed by atoms with Crippen LogP contribution in [0.15, 0.2) is 56.7 Å². The highest BCUT2D eigenvalue weighted by atomic mass is 79.9. The molecule has 0 amide bonds. The van der Waals surface area contributed by atoms with Crippen LogP contribution in [-0.4, -0.2) is 14.2 Å². The Kier molecular flexibility index (Phi) is 5.31. The summed E-state index contributed by atoms with van der Waals surface area (Å²) in [5, 5.41) is 3.20. The van der Waals surface area contributed by atoms with Crippen molar-refractivity contribution in [2.24, 2.45) is 0 Å².